The molecule has 0 aliphatic carbocycles. The Morgan fingerprint density at radius 2 is 1.71 bits per heavy atom. The summed E-state index contributed by atoms with van der Waals surface area (Å²) in [6, 6.07) is 8.52. The lowest BCUT2D eigenvalue weighted by Crippen LogP contribution is -2.48. The fourth-order valence-electron chi connectivity index (χ4n) is 2.72. The van der Waals surface area contributed by atoms with Crippen LogP contribution in [0.15, 0.2) is 47.1 Å². The molecule has 1 fully saturated rings. The number of amides is 1. The van der Waals surface area contributed by atoms with Gasteiger partial charge in [0.1, 0.15) is 0 Å². The Kier molecular flexibility index (Phi) is 4.62. The first-order valence-electron chi connectivity index (χ1n) is 7.65. The van der Waals surface area contributed by atoms with E-state index in [0.717, 1.165) is 17.7 Å². The number of carbonyl (C=O) groups is 1. The highest BCUT2D eigenvalue weighted by atomic mass is 19.4. The number of piperazine rings is 1. The molecule has 128 valence electrons. The van der Waals surface area contributed by atoms with E-state index in [2.05, 4.69) is 4.90 Å². The van der Waals surface area contributed by atoms with Crippen LogP contribution in [0.3, 0.4) is 0 Å². The number of halogens is 3. The van der Waals surface area contributed by atoms with Gasteiger partial charge in [-0.3, -0.25) is 9.69 Å². The molecule has 2 aromatic rings. The Balaban J connectivity index is 1.53. The monoisotopic (exact) mass is 338 g/mol. The summed E-state index contributed by atoms with van der Waals surface area (Å²) in [6.07, 6.45) is -2.84. The van der Waals surface area contributed by atoms with Gasteiger partial charge in [0.25, 0.3) is 5.91 Å². The Hall–Kier alpha value is -2.28. The number of carbonyl (C=O) groups excluding carboxylic acids is 1. The van der Waals surface area contributed by atoms with Gasteiger partial charge < -0.3 is 9.32 Å². The van der Waals surface area contributed by atoms with Gasteiger partial charge in [-0.2, -0.15) is 13.2 Å². The molecule has 7 heteroatoms. The lowest BCUT2D eigenvalue weighted by Gasteiger charge is -2.34. The van der Waals surface area contributed by atoms with E-state index in [4.69, 9.17) is 4.42 Å². The van der Waals surface area contributed by atoms with Gasteiger partial charge in [-0.1, -0.05) is 12.1 Å². The summed E-state index contributed by atoms with van der Waals surface area (Å²) in [7, 11) is 0. The number of nitrogens with zero attached hydrogens (tertiary/aromatic N) is 2. The van der Waals surface area contributed by atoms with E-state index in [1.54, 1.807) is 17.0 Å². The van der Waals surface area contributed by atoms with Crippen molar-refractivity contribution in [3.8, 4) is 0 Å². The quantitative estimate of drug-likeness (QED) is 0.862. The molecule has 1 aliphatic heterocycles. The largest absolute Gasteiger partial charge is 0.459 e. The number of furan rings is 1. The van der Waals surface area contributed by atoms with Crippen LogP contribution in [0, 0.1) is 0 Å². The molecule has 24 heavy (non-hydrogen) atoms. The first-order chi connectivity index (χ1) is 11.4. The molecule has 0 N–H and O–H groups in total. The van der Waals surface area contributed by atoms with Crippen LogP contribution in [-0.4, -0.2) is 41.9 Å². The highest BCUT2D eigenvalue weighted by Gasteiger charge is 2.30. The third kappa shape index (κ3) is 3.79. The molecule has 0 bridgehead atoms. The number of hydrogen-bond donors (Lipinski definition) is 0. The third-order valence-electron chi connectivity index (χ3n) is 4.08. The van der Waals surface area contributed by atoms with Crippen LogP contribution in [0.1, 0.15) is 21.7 Å². The van der Waals surface area contributed by atoms with Crippen LogP contribution in [0.25, 0.3) is 0 Å². The summed E-state index contributed by atoms with van der Waals surface area (Å²) in [4.78, 5) is 16.0. The fourth-order valence-corrected chi connectivity index (χ4v) is 2.72. The van der Waals surface area contributed by atoms with Crippen LogP contribution in [0.2, 0.25) is 0 Å². The van der Waals surface area contributed by atoms with Crippen molar-refractivity contribution in [2.75, 3.05) is 26.2 Å². The third-order valence-corrected chi connectivity index (χ3v) is 4.08. The molecule has 1 saturated heterocycles. The van der Waals surface area contributed by atoms with E-state index >= 15 is 0 Å². The Morgan fingerprint density at radius 3 is 2.25 bits per heavy atom. The van der Waals surface area contributed by atoms with Gasteiger partial charge in [-0.15, -0.1) is 0 Å². The lowest BCUT2D eigenvalue weighted by atomic mass is 10.1. The molecule has 1 amide bonds. The average Bonchev–Trinajstić information content (AvgIpc) is 3.09. The van der Waals surface area contributed by atoms with Crippen molar-refractivity contribution in [1.82, 2.24) is 9.80 Å². The average molecular weight is 338 g/mol. The van der Waals surface area contributed by atoms with Gasteiger partial charge in [-0.25, -0.2) is 0 Å². The summed E-state index contributed by atoms with van der Waals surface area (Å²) >= 11 is 0. The van der Waals surface area contributed by atoms with Gasteiger partial charge in [0.15, 0.2) is 5.76 Å². The SMILES string of the molecule is O=C(c1ccco1)N1CCN(Cc2ccc(C(F)(F)F)cc2)CC1. The lowest BCUT2D eigenvalue weighted by molar-refractivity contribution is -0.137. The first kappa shape index (κ1) is 16.6. The minimum Gasteiger partial charge on any atom is -0.459 e. The minimum atomic E-state index is -4.31. The van der Waals surface area contributed by atoms with Crippen LogP contribution >= 0.6 is 0 Å². The Labute approximate surface area is 137 Å². The second-order valence-electron chi connectivity index (χ2n) is 5.74. The van der Waals surface area contributed by atoms with Gasteiger partial charge in [0, 0.05) is 32.7 Å². The van der Waals surface area contributed by atoms with Gasteiger partial charge >= 0.3 is 6.18 Å². The normalized spacial score (nSPS) is 16.4. The molecule has 1 aromatic heterocycles. The molecule has 0 unspecified atom stereocenters. The summed E-state index contributed by atoms with van der Waals surface area (Å²) < 4.78 is 42.8. The Morgan fingerprint density at radius 1 is 1.04 bits per heavy atom. The summed E-state index contributed by atoms with van der Waals surface area (Å²) in [5.41, 5.74) is 0.189. The fraction of sp³-hybridized carbons (Fsp3) is 0.353. The zero-order chi connectivity index (χ0) is 17.2. The maximum Gasteiger partial charge on any atom is 0.416 e. The van der Waals surface area contributed by atoms with Crippen molar-refractivity contribution < 1.29 is 22.4 Å². The van der Waals surface area contributed by atoms with E-state index in [1.807, 2.05) is 0 Å². The van der Waals surface area contributed by atoms with Crippen LogP contribution in [0.5, 0.6) is 0 Å². The second-order valence-corrected chi connectivity index (χ2v) is 5.74. The number of alkyl halides is 3. The van der Waals surface area contributed by atoms with Crippen molar-refractivity contribution >= 4 is 5.91 Å². The van der Waals surface area contributed by atoms with E-state index in [1.165, 1.54) is 18.4 Å². The molecule has 0 saturated carbocycles. The molecule has 3 rings (SSSR count). The molecule has 0 atom stereocenters. The van der Waals surface area contributed by atoms with Crippen LogP contribution < -0.4 is 0 Å². The molecule has 0 spiro atoms. The molecular weight excluding hydrogens is 321 g/mol. The number of benzene rings is 1. The highest BCUT2D eigenvalue weighted by molar-refractivity contribution is 5.91. The van der Waals surface area contributed by atoms with E-state index in [9.17, 15) is 18.0 Å². The predicted octanol–water partition coefficient (Wildman–Crippen LogP) is 3.26. The smallest absolute Gasteiger partial charge is 0.416 e. The van der Waals surface area contributed by atoms with Gasteiger partial charge in [-0.05, 0) is 29.8 Å². The molecule has 1 aliphatic rings. The molecule has 0 radical (unpaired) electrons. The summed E-state index contributed by atoms with van der Waals surface area (Å²) in [5.74, 6) is 0.195. The van der Waals surface area contributed by atoms with Crippen molar-refractivity contribution in [2.45, 2.75) is 12.7 Å². The topological polar surface area (TPSA) is 36.7 Å². The van der Waals surface area contributed by atoms with E-state index in [0.29, 0.717) is 38.5 Å². The van der Waals surface area contributed by atoms with Crippen LogP contribution in [0.4, 0.5) is 13.2 Å². The number of rotatable bonds is 3. The zero-order valence-electron chi connectivity index (χ0n) is 12.9. The summed E-state index contributed by atoms with van der Waals surface area (Å²) in [6.45, 7) is 3.06. The Bertz CT molecular complexity index is 673. The highest BCUT2D eigenvalue weighted by Crippen LogP contribution is 2.29. The minimum absolute atomic E-state index is 0.130. The van der Waals surface area contributed by atoms with Gasteiger partial charge in [0.2, 0.25) is 0 Å². The van der Waals surface area contributed by atoms with Crippen molar-refractivity contribution in [3.05, 3.63) is 59.5 Å². The molecule has 2 heterocycles. The zero-order valence-corrected chi connectivity index (χ0v) is 12.9. The molecule has 4 nitrogen and oxygen atoms in total. The van der Waals surface area contributed by atoms with Gasteiger partial charge in [0.05, 0.1) is 11.8 Å². The number of hydrogen-bond acceptors (Lipinski definition) is 3. The standard InChI is InChI=1S/C17H17F3N2O2/c18-17(19,20)14-5-3-13(4-6-14)12-21-7-9-22(10-8-21)16(23)15-2-1-11-24-15/h1-6,11H,7-10,12H2. The maximum atomic E-state index is 12.6. The summed E-state index contributed by atoms with van der Waals surface area (Å²) in [5, 5.41) is 0. The second kappa shape index (κ2) is 6.68. The van der Waals surface area contributed by atoms with Crippen molar-refractivity contribution in [1.29, 1.82) is 0 Å². The molecular formula is C17H17F3N2O2. The van der Waals surface area contributed by atoms with Crippen molar-refractivity contribution in [2.24, 2.45) is 0 Å². The first-order valence-corrected chi connectivity index (χ1v) is 7.65. The van der Waals surface area contributed by atoms with E-state index < -0.39 is 11.7 Å². The predicted molar refractivity (Wildman–Crippen MR) is 81.3 cm³/mol. The molecule has 1 aromatic carbocycles. The van der Waals surface area contributed by atoms with Crippen molar-refractivity contribution in [3.63, 3.8) is 0 Å². The maximum absolute atomic E-state index is 12.6. The van der Waals surface area contributed by atoms with Crippen LogP contribution in [-0.2, 0) is 12.7 Å². The van der Waals surface area contributed by atoms with E-state index in [-0.39, 0.29) is 5.91 Å².